The lowest BCUT2D eigenvalue weighted by molar-refractivity contribution is -0.147. The Morgan fingerprint density at radius 3 is 2.14 bits per heavy atom. The van der Waals surface area contributed by atoms with Crippen LogP contribution >= 0.6 is 0 Å². The van der Waals surface area contributed by atoms with Crippen molar-refractivity contribution < 1.29 is 19.1 Å². The summed E-state index contributed by atoms with van der Waals surface area (Å²) in [6.45, 7) is 12.4. The molecule has 0 aliphatic rings. The molecule has 160 valence electrons. The fourth-order valence-electron chi connectivity index (χ4n) is 2.68. The lowest BCUT2D eigenvalue weighted by Gasteiger charge is -2.14. The molecular formula is C24H40O4. The molecule has 0 spiro atoms. The van der Waals surface area contributed by atoms with Crippen LogP contribution in [0.15, 0.2) is 12.2 Å². The quantitative estimate of drug-likeness (QED) is 0.195. The summed E-state index contributed by atoms with van der Waals surface area (Å²) >= 11 is 0. The molecule has 0 aromatic heterocycles. The highest BCUT2D eigenvalue weighted by Gasteiger charge is 2.14. The van der Waals surface area contributed by atoms with Crippen LogP contribution in [0.2, 0.25) is 0 Å². The van der Waals surface area contributed by atoms with Gasteiger partial charge >= 0.3 is 11.9 Å². The topological polar surface area (TPSA) is 52.6 Å². The lowest BCUT2D eigenvalue weighted by Crippen LogP contribution is -2.19. The van der Waals surface area contributed by atoms with Gasteiger partial charge in [0.1, 0.15) is 0 Å². The van der Waals surface area contributed by atoms with E-state index < -0.39 is 6.10 Å². The number of carbonyl (C=O) groups excluding carboxylic acids is 2. The average Bonchev–Trinajstić information content (AvgIpc) is 2.61. The van der Waals surface area contributed by atoms with Crippen molar-refractivity contribution in [3.8, 4) is 11.8 Å². The minimum atomic E-state index is -0.423. The van der Waals surface area contributed by atoms with E-state index in [1.54, 1.807) is 0 Å². The van der Waals surface area contributed by atoms with Crippen molar-refractivity contribution in [1.29, 1.82) is 0 Å². The lowest BCUT2D eigenvalue weighted by atomic mass is 10.1. The molecule has 0 aromatic carbocycles. The maximum Gasteiger partial charge on any atom is 0.307 e. The first kappa shape index (κ1) is 26.2. The maximum atomic E-state index is 12.0. The van der Waals surface area contributed by atoms with Crippen LogP contribution in [0.25, 0.3) is 0 Å². The molecule has 0 aliphatic carbocycles. The number of unbranched alkanes of at least 4 members (excludes halogenated alkanes) is 6. The zero-order valence-corrected chi connectivity index (χ0v) is 18.5. The molecule has 0 amide bonds. The second-order valence-electron chi connectivity index (χ2n) is 7.85. The van der Waals surface area contributed by atoms with Crippen molar-refractivity contribution >= 4 is 11.9 Å². The Morgan fingerprint density at radius 1 is 0.929 bits per heavy atom. The van der Waals surface area contributed by atoms with Crippen LogP contribution in [0, 0.1) is 17.8 Å². The van der Waals surface area contributed by atoms with Crippen LogP contribution in [0.4, 0.5) is 0 Å². The number of allylic oxidation sites excluding steroid dienone is 1. The first-order valence-electron chi connectivity index (χ1n) is 10.9. The molecule has 1 unspecified atom stereocenters. The van der Waals surface area contributed by atoms with Crippen molar-refractivity contribution in [2.45, 2.75) is 104 Å². The number of hydrogen-bond donors (Lipinski definition) is 0. The highest BCUT2D eigenvalue weighted by molar-refractivity contribution is 5.72. The van der Waals surface area contributed by atoms with E-state index in [0.29, 0.717) is 25.4 Å². The van der Waals surface area contributed by atoms with E-state index in [9.17, 15) is 9.59 Å². The van der Waals surface area contributed by atoms with Crippen LogP contribution < -0.4 is 0 Å². The molecule has 0 radical (unpaired) electrons. The molecular weight excluding hydrogens is 352 g/mol. The van der Waals surface area contributed by atoms with Gasteiger partial charge in [0.2, 0.25) is 0 Å². The van der Waals surface area contributed by atoms with Crippen LogP contribution in [-0.4, -0.2) is 24.6 Å². The molecule has 0 bridgehead atoms. The first-order valence-corrected chi connectivity index (χ1v) is 10.9. The fourth-order valence-corrected chi connectivity index (χ4v) is 2.68. The molecule has 0 aliphatic heterocycles. The summed E-state index contributed by atoms with van der Waals surface area (Å²) in [5, 5.41) is 0. The van der Waals surface area contributed by atoms with Crippen LogP contribution in [0.3, 0.4) is 0 Å². The molecule has 0 fully saturated rings. The van der Waals surface area contributed by atoms with E-state index >= 15 is 0 Å². The maximum absolute atomic E-state index is 12.0. The van der Waals surface area contributed by atoms with E-state index in [4.69, 9.17) is 9.47 Å². The molecule has 0 rings (SSSR count). The number of carbonyl (C=O) groups is 2. The third-order valence-corrected chi connectivity index (χ3v) is 4.18. The van der Waals surface area contributed by atoms with E-state index in [1.165, 1.54) is 32.1 Å². The summed E-state index contributed by atoms with van der Waals surface area (Å²) in [7, 11) is 0. The Balaban J connectivity index is 3.89. The highest BCUT2D eigenvalue weighted by atomic mass is 16.5. The largest absolute Gasteiger partial charge is 0.466 e. The summed E-state index contributed by atoms with van der Waals surface area (Å²) in [5.41, 5.74) is 0.744. The van der Waals surface area contributed by atoms with Gasteiger partial charge in [-0.25, -0.2) is 0 Å². The van der Waals surface area contributed by atoms with Gasteiger partial charge in [0.15, 0.2) is 6.10 Å². The summed E-state index contributed by atoms with van der Waals surface area (Å²) < 4.78 is 10.7. The van der Waals surface area contributed by atoms with Crippen LogP contribution in [0.1, 0.15) is 98.3 Å². The van der Waals surface area contributed by atoms with Crippen LogP contribution in [-0.2, 0) is 19.1 Å². The molecule has 28 heavy (non-hydrogen) atoms. The first-order chi connectivity index (χ1) is 13.3. The zero-order chi connectivity index (χ0) is 21.2. The van der Waals surface area contributed by atoms with Gasteiger partial charge in [-0.15, -0.1) is 0 Å². The Morgan fingerprint density at radius 2 is 1.54 bits per heavy atom. The predicted octanol–water partition coefficient (Wildman–Crippen LogP) is 5.99. The van der Waals surface area contributed by atoms with Crippen molar-refractivity contribution in [1.82, 2.24) is 0 Å². The molecule has 4 nitrogen and oxygen atoms in total. The Labute approximate surface area is 172 Å². The Kier molecular flexibility index (Phi) is 16.3. The number of hydrogen-bond acceptors (Lipinski definition) is 4. The van der Waals surface area contributed by atoms with E-state index in [0.717, 1.165) is 18.4 Å². The molecule has 0 aromatic rings. The highest BCUT2D eigenvalue weighted by Crippen LogP contribution is 2.11. The smallest absolute Gasteiger partial charge is 0.307 e. The van der Waals surface area contributed by atoms with E-state index in [-0.39, 0.29) is 24.8 Å². The molecule has 1 atom stereocenters. The minimum absolute atomic E-state index is 0.204. The van der Waals surface area contributed by atoms with Crippen LogP contribution in [0.5, 0.6) is 0 Å². The molecule has 0 heterocycles. The standard InChI is InChI=1S/C24H40O4/c1-6-7-8-9-10-11-12-18-27-23(25)14-13-15-24(26)28-22(19-21(4)5)17-16-20(2)3/h21-22H,2,6-15,18-19H2,1,3-5H3. The van der Waals surface area contributed by atoms with Gasteiger partial charge in [0, 0.05) is 12.8 Å². The summed E-state index contributed by atoms with van der Waals surface area (Å²) in [5.74, 6) is 5.65. The molecule has 4 heteroatoms. The summed E-state index contributed by atoms with van der Waals surface area (Å²) in [6.07, 6.45) is 9.49. The van der Waals surface area contributed by atoms with Gasteiger partial charge in [-0.3, -0.25) is 9.59 Å². The van der Waals surface area contributed by atoms with Crippen molar-refractivity contribution in [2.75, 3.05) is 6.61 Å². The monoisotopic (exact) mass is 392 g/mol. The average molecular weight is 393 g/mol. The normalized spacial score (nSPS) is 11.5. The zero-order valence-electron chi connectivity index (χ0n) is 18.5. The predicted molar refractivity (Wildman–Crippen MR) is 115 cm³/mol. The van der Waals surface area contributed by atoms with Crippen molar-refractivity contribution in [2.24, 2.45) is 5.92 Å². The summed E-state index contributed by atoms with van der Waals surface area (Å²) in [6, 6.07) is 0. The van der Waals surface area contributed by atoms with Gasteiger partial charge in [0.05, 0.1) is 6.61 Å². The van der Waals surface area contributed by atoms with E-state index in [1.807, 2.05) is 6.92 Å². The molecule has 0 saturated carbocycles. The molecule has 0 saturated heterocycles. The second kappa shape index (κ2) is 17.3. The fraction of sp³-hybridized carbons (Fsp3) is 0.750. The van der Waals surface area contributed by atoms with Gasteiger partial charge in [-0.1, -0.05) is 77.7 Å². The van der Waals surface area contributed by atoms with Gasteiger partial charge in [0.25, 0.3) is 0 Å². The Hall–Kier alpha value is -1.76. The third kappa shape index (κ3) is 17.6. The van der Waals surface area contributed by atoms with E-state index in [2.05, 4.69) is 39.2 Å². The van der Waals surface area contributed by atoms with Gasteiger partial charge in [-0.05, 0) is 37.7 Å². The number of esters is 2. The number of ether oxygens (including phenoxy) is 2. The van der Waals surface area contributed by atoms with Gasteiger partial charge < -0.3 is 9.47 Å². The minimum Gasteiger partial charge on any atom is -0.466 e. The molecule has 0 N–H and O–H groups in total. The second-order valence-corrected chi connectivity index (χ2v) is 7.85. The third-order valence-electron chi connectivity index (χ3n) is 4.18. The summed E-state index contributed by atoms with van der Waals surface area (Å²) in [4.78, 5) is 23.7. The number of rotatable bonds is 15. The van der Waals surface area contributed by atoms with Crippen molar-refractivity contribution in [3.05, 3.63) is 12.2 Å². The van der Waals surface area contributed by atoms with Crippen molar-refractivity contribution in [3.63, 3.8) is 0 Å². The van der Waals surface area contributed by atoms with Gasteiger partial charge in [-0.2, -0.15) is 0 Å². The SMILES string of the molecule is C=C(C)C#CC(CC(C)C)OC(=O)CCCC(=O)OCCCCCCCCC. The Bertz CT molecular complexity index is 510.